The van der Waals surface area contributed by atoms with Gasteiger partial charge in [0, 0.05) is 0 Å². The Morgan fingerprint density at radius 3 is 1.83 bits per heavy atom. The molecule has 0 bridgehead atoms. The number of hydrogen-bond acceptors (Lipinski definition) is 3. The van der Waals surface area contributed by atoms with E-state index in [1.54, 1.807) is 0 Å². The lowest BCUT2D eigenvalue weighted by molar-refractivity contribution is -0.105. The SMILES string of the molecule is [B]C(O)(O)NC. The predicted molar refractivity (Wildman–Crippen MR) is 22.0 cm³/mol. The molecular formula is C2H6BNO2. The minimum Gasteiger partial charge on any atom is -0.362 e. The van der Waals surface area contributed by atoms with Crippen molar-refractivity contribution in [3.8, 4) is 0 Å². The van der Waals surface area contributed by atoms with Gasteiger partial charge in [-0.3, -0.25) is 5.32 Å². The summed E-state index contributed by atoms with van der Waals surface area (Å²) < 4.78 is 0. The first kappa shape index (κ1) is 5.94. The van der Waals surface area contributed by atoms with Gasteiger partial charge in [-0.15, -0.1) is 0 Å². The topological polar surface area (TPSA) is 52.5 Å². The lowest BCUT2D eigenvalue weighted by Crippen LogP contribution is -2.42. The predicted octanol–water partition coefficient (Wildman–Crippen LogP) is -2.03. The Morgan fingerprint density at radius 1 is 1.67 bits per heavy atom. The molecule has 0 aliphatic carbocycles. The zero-order chi connectivity index (χ0) is 5.21. The molecule has 0 heterocycles. The van der Waals surface area contributed by atoms with E-state index in [9.17, 15) is 0 Å². The van der Waals surface area contributed by atoms with Crippen LogP contribution < -0.4 is 5.32 Å². The standard InChI is InChI=1S/C2H6BNO2/c1-4-2(3,5)6/h4-6H,1H3. The highest BCUT2D eigenvalue weighted by Crippen LogP contribution is 1.76. The summed E-state index contributed by atoms with van der Waals surface area (Å²) in [6.07, 6.45) is 0. The zero-order valence-electron chi connectivity index (χ0n) is 3.47. The molecule has 6 heavy (non-hydrogen) atoms. The molecule has 0 aromatic carbocycles. The quantitative estimate of drug-likeness (QED) is 0.255. The van der Waals surface area contributed by atoms with Gasteiger partial charge >= 0.3 is 0 Å². The molecule has 0 amide bonds. The van der Waals surface area contributed by atoms with Crippen LogP contribution in [0.1, 0.15) is 0 Å². The van der Waals surface area contributed by atoms with Gasteiger partial charge in [0.25, 0.3) is 0 Å². The van der Waals surface area contributed by atoms with Crippen molar-refractivity contribution in [1.29, 1.82) is 0 Å². The third kappa shape index (κ3) is 3.94. The van der Waals surface area contributed by atoms with E-state index in [0.29, 0.717) is 0 Å². The molecule has 0 saturated carbocycles. The van der Waals surface area contributed by atoms with Crippen LogP contribution in [0.3, 0.4) is 0 Å². The number of rotatable bonds is 1. The van der Waals surface area contributed by atoms with Crippen LogP contribution in [0.25, 0.3) is 0 Å². The second-order valence-corrected chi connectivity index (χ2v) is 0.976. The molecule has 0 aromatic heterocycles. The van der Waals surface area contributed by atoms with Gasteiger partial charge in [0.2, 0.25) is 0 Å². The van der Waals surface area contributed by atoms with Crippen LogP contribution in [0.5, 0.6) is 0 Å². The first-order valence-corrected chi connectivity index (χ1v) is 1.49. The van der Waals surface area contributed by atoms with Gasteiger partial charge < -0.3 is 10.2 Å². The Hall–Kier alpha value is -0.0551. The van der Waals surface area contributed by atoms with Gasteiger partial charge in [0.15, 0.2) is 13.7 Å². The summed E-state index contributed by atoms with van der Waals surface area (Å²) in [5.74, 6) is -2.21. The summed E-state index contributed by atoms with van der Waals surface area (Å²) in [5, 5.41) is 18.1. The van der Waals surface area contributed by atoms with E-state index in [1.807, 2.05) is 5.32 Å². The molecule has 0 aromatic rings. The summed E-state index contributed by atoms with van der Waals surface area (Å²) in [4.78, 5) is 0. The maximum Gasteiger partial charge on any atom is 0.178 e. The van der Waals surface area contributed by atoms with Crippen LogP contribution in [0, 0.1) is 0 Å². The highest BCUT2D eigenvalue weighted by molar-refractivity contribution is 6.12. The molecule has 0 saturated heterocycles. The van der Waals surface area contributed by atoms with E-state index in [0.717, 1.165) is 0 Å². The smallest absolute Gasteiger partial charge is 0.178 e. The summed E-state index contributed by atoms with van der Waals surface area (Å²) in [5.41, 5.74) is 0. The normalized spacial score (nSPS) is 11.8. The second kappa shape index (κ2) is 1.60. The zero-order valence-corrected chi connectivity index (χ0v) is 3.47. The fourth-order valence-electron chi connectivity index (χ4n) is 0. The van der Waals surface area contributed by atoms with Crippen LogP contribution >= 0.6 is 0 Å². The number of aliphatic hydroxyl groups is 2. The summed E-state index contributed by atoms with van der Waals surface area (Å²) >= 11 is 0. The largest absolute Gasteiger partial charge is 0.362 e. The average Bonchev–Trinajstić information content (AvgIpc) is 1.35. The maximum absolute atomic E-state index is 8.05. The van der Waals surface area contributed by atoms with Crippen molar-refractivity contribution in [3.63, 3.8) is 0 Å². The molecule has 0 rings (SSSR count). The first-order valence-electron chi connectivity index (χ1n) is 1.49. The Labute approximate surface area is 37.4 Å². The Bertz CT molecular complexity index is 41.3. The Morgan fingerprint density at radius 2 is 1.83 bits per heavy atom. The van der Waals surface area contributed by atoms with Gasteiger partial charge in [-0.2, -0.15) is 0 Å². The van der Waals surface area contributed by atoms with E-state index in [4.69, 9.17) is 10.2 Å². The lowest BCUT2D eigenvalue weighted by Gasteiger charge is -2.13. The summed E-state index contributed by atoms with van der Waals surface area (Å²) in [6, 6.07) is 0. The van der Waals surface area contributed by atoms with Crippen molar-refractivity contribution in [2.24, 2.45) is 0 Å². The fourth-order valence-corrected chi connectivity index (χ4v) is 0. The molecule has 4 heteroatoms. The number of nitrogens with one attached hydrogen (secondary N) is 1. The van der Waals surface area contributed by atoms with E-state index >= 15 is 0 Å². The fraction of sp³-hybridized carbons (Fsp3) is 1.00. The third-order valence-electron chi connectivity index (χ3n) is 0.368. The Kier molecular flexibility index (Phi) is 1.58. The van der Waals surface area contributed by atoms with E-state index in [-0.39, 0.29) is 0 Å². The van der Waals surface area contributed by atoms with Crippen molar-refractivity contribution >= 4 is 7.85 Å². The van der Waals surface area contributed by atoms with Gasteiger partial charge in [0.05, 0.1) is 0 Å². The van der Waals surface area contributed by atoms with E-state index < -0.39 is 5.81 Å². The van der Waals surface area contributed by atoms with Gasteiger partial charge in [-0.25, -0.2) is 0 Å². The van der Waals surface area contributed by atoms with Crippen molar-refractivity contribution < 1.29 is 10.2 Å². The molecule has 0 atom stereocenters. The van der Waals surface area contributed by atoms with E-state index in [2.05, 4.69) is 7.85 Å². The molecular weight excluding hydrogens is 80.8 g/mol. The molecule has 3 N–H and O–H groups in total. The van der Waals surface area contributed by atoms with Crippen LogP contribution in [0.15, 0.2) is 0 Å². The van der Waals surface area contributed by atoms with E-state index in [1.165, 1.54) is 7.05 Å². The summed E-state index contributed by atoms with van der Waals surface area (Å²) in [7, 11) is 5.87. The maximum atomic E-state index is 8.05. The van der Waals surface area contributed by atoms with Crippen molar-refractivity contribution in [1.82, 2.24) is 5.32 Å². The average molecular weight is 86.9 g/mol. The number of hydrogen-bond donors (Lipinski definition) is 3. The molecule has 3 nitrogen and oxygen atoms in total. The van der Waals surface area contributed by atoms with Crippen LogP contribution in [-0.2, 0) is 0 Å². The van der Waals surface area contributed by atoms with Gasteiger partial charge in [-0.05, 0) is 7.05 Å². The van der Waals surface area contributed by atoms with Gasteiger partial charge in [0.1, 0.15) is 0 Å². The lowest BCUT2D eigenvalue weighted by atomic mass is 10.1. The first-order chi connectivity index (χ1) is 2.56. The van der Waals surface area contributed by atoms with Crippen LogP contribution in [0.2, 0.25) is 0 Å². The molecule has 0 spiro atoms. The molecule has 34 valence electrons. The van der Waals surface area contributed by atoms with Crippen molar-refractivity contribution in [2.45, 2.75) is 5.81 Å². The second-order valence-electron chi connectivity index (χ2n) is 0.976. The van der Waals surface area contributed by atoms with Crippen LogP contribution in [0.4, 0.5) is 0 Å². The monoisotopic (exact) mass is 87.0 g/mol. The minimum atomic E-state index is -2.21. The molecule has 0 aliphatic heterocycles. The molecule has 0 unspecified atom stereocenters. The third-order valence-corrected chi connectivity index (χ3v) is 0.368. The molecule has 0 fully saturated rings. The van der Waals surface area contributed by atoms with Gasteiger partial charge in [-0.1, -0.05) is 0 Å². The Balaban J connectivity index is 3.17. The molecule has 2 radical (unpaired) electrons. The molecule has 0 aliphatic rings. The van der Waals surface area contributed by atoms with Crippen LogP contribution in [-0.4, -0.2) is 30.9 Å². The van der Waals surface area contributed by atoms with Crippen molar-refractivity contribution in [2.75, 3.05) is 7.05 Å². The highest BCUT2D eigenvalue weighted by atomic mass is 16.5. The highest BCUT2D eigenvalue weighted by Gasteiger charge is 2.06. The summed E-state index contributed by atoms with van der Waals surface area (Å²) in [6.45, 7) is 0. The minimum absolute atomic E-state index is 1.33. The van der Waals surface area contributed by atoms with Crippen molar-refractivity contribution in [3.05, 3.63) is 0 Å².